The van der Waals surface area contributed by atoms with Crippen molar-refractivity contribution in [2.75, 3.05) is 39.8 Å². The van der Waals surface area contributed by atoms with Gasteiger partial charge in [0, 0.05) is 43.9 Å². The van der Waals surface area contributed by atoms with E-state index in [-0.39, 0.29) is 17.7 Å². The van der Waals surface area contributed by atoms with Crippen molar-refractivity contribution in [3.05, 3.63) is 51.1 Å². The molecule has 0 bridgehead atoms. The van der Waals surface area contributed by atoms with Crippen LogP contribution in [-0.4, -0.2) is 80.9 Å². The Kier molecular flexibility index (Phi) is 5.79. The summed E-state index contributed by atoms with van der Waals surface area (Å²) < 4.78 is 7.66. The van der Waals surface area contributed by atoms with E-state index < -0.39 is 0 Å². The number of piperazine rings is 1. The third kappa shape index (κ3) is 4.07. The minimum absolute atomic E-state index is 0.0867. The fourth-order valence-electron chi connectivity index (χ4n) is 4.79. The first-order valence-electron chi connectivity index (χ1n) is 11.4. The molecule has 2 aliphatic heterocycles. The molecule has 3 aromatic rings. The molecule has 2 atom stereocenters. The summed E-state index contributed by atoms with van der Waals surface area (Å²) in [5.74, 6) is 0.707. The fraction of sp³-hybridized carbons (Fsp3) is 0.565. The second kappa shape index (κ2) is 8.73. The summed E-state index contributed by atoms with van der Waals surface area (Å²) in [6, 6.07) is 5.90. The molecule has 170 valence electrons. The van der Waals surface area contributed by atoms with Crippen LogP contribution in [0.2, 0.25) is 0 Å². The van der Waals surface area contributed by atoms with Crippen molar-refractivity contribution in [2.45, 2.75) is 45.4 Å². The average molecular weight is 438 g/mol. The predicted octanol–water partition coefficient (Wildman–Crippen LogP) is 1.65. The van der Waals surface area contributed by atoms with E-state index in [1.807, 2.05) is 16.8 Å². The highest BCUT2D eigenvalue weighted by atomic mass is 16.5. The molecule has 1 aromatic carbocycles. The van der Waals surface area contributed by atoms with Crippen molar-refractivity contribution in [3.8, 4) is 0 Å². The molecule has 9 heteroatoms. The molecule has 0 radical (unpaired) electrons. The number of tetrazole rings is 1. The normalized spacial score (nSPS) is 21.4. The molecule has 0 saturated carbocycles. The third-order valence-electron chi connectivity index (χ3n) is 6.89. The lowest BCUT2D eigenvalue weighted by Crippen LogP contribution is -2.47. The molecule has 0 amide bonds. The topological polar surface area (TPSA) is 92.2 Å². The molecule has 2 aliphatic rings. The molecular formula is C23H31N7O2. The van der Waals surface area contributed by atoms with E-state index in [4.69, 9.17) is 4.74 Å². The van der Waals surface area contributed by atoms with Gasteiger partial charge in [0.2, 0.25) is 0 Å². The summed E-state index contributed by atoms with van der Waals surface area (Å²) in [6.45, 7) is 9.12. The predicted molar refractivity (Wildman–Crippen MR) is 122 cm³/mol. The molecule has 2 aromatic heterocycles. The Bertz CT molecular complexity index is 1160. The van der Waals surface area contributed by atoms with Gasteiger partial charge in [-0.05, 0) is 78.9 Å². The van der Waals surface area contributed by atoms with Crippen LogP contribution in [0.1, 0.15) is 41.4 Å². The van der Waals surface area contributed by atoms with Gasteiger partial charge in [-0.15, -0.1) is 5.10 Å². The number of aromatic amines is 1. The van der Waals surface area contributed by atoms with E-state index in [1.54, 1.807) is 0 Å². The fourth-order valence-corrected chi connectivity index (χ4v) is 4.79. The van der Waals surface area contributed by atoms with Crippen LogP contribution in [0.3, 0.4) is 0 Å². The second-order valence-electron chi connectivity index (χ2n) is 9.17. The molecular weight excluding hydrogens is 406 g/mol. The van der Waals surface area contributed by atoms with E-state index >= 15 is 0 Å². The number of hydrogen-bond acceptors (Lipinski definition) is 7. The number of likely N-dealkylation sites (N-methyl/N-ethyl adjacent to an activating group) is 1. The van der Waals surface area contributed by atoms with Crippen LogP contribution in [0, 0.1) is 13.8 Å². The number of pyridine rings is 1. The van der Waals surface area contributed by atoms with Gasteiger partial charge in [-0.2, -0.15) is 0 Å². The summed E-state index contributed by atoms with van der Waals surface area (Å²) in [7, 11) is 2.13. The zero-order valence-electron chi connectivity index (χ0n) is 19.0. The van der Waals surface area contributed by atoms with Crippen molar-refractivity contribution >= 4 is 10.9 Å². The second-order valence-corrected chi connectivity index (χ2v) is 9.17. The Morgan fingerprint density at radius 3 is 2.69 bits per heavy atom. The largest absolute Gasteiger partial charge is 0.376 e. The molecule has 32 heavy (non-hydrogen) atoms. The Labute approximate surface area is 187 Å². The zero-order valence-corrected chi connectivity index (χ0v) is 19.0. The number of benzene rings is 1. The Balaban J connectivity index is 1.60. The van der Waals surface area contributed by atoms with E-state index in [2.05, 4.69) is 57.3 Å². The first-order chi connectivity index (χ1) is 15.5. The highest BCUT2D eigenvalue weighted by Gasteiger charge is 2.33. The summed E-state index contributed by atoms with van der Waals surface area (Å²) in [6.07, 6.45) is 2.19. The van der Waals surface area contributed by atoms with Crippen LogP contribution in [0.15, 0.2) is 23.0 Å². The lowest BCUT2D eigenvalue weighted by atomic mass is 10.00. The van der Waals surface area contributed by atoms with E-state index in [0.29, 0.717) is 17.9 Å². The number of aryl methyl sites for hydroxylation is 2. The number of nitrogens with one attached hydrogen (secondary N) is 1. The molecule has 1 N–H and O–H groups in total. The van der Waals surface area contributed by atoms with Gasteiger partial charge in [-0.25, -0.2) is 4.68 Å². The van der Waals surface area contributed by atoms with Crippen molar-refractivity contribution in [2.24, 2.45) is 0 Å². The van der Waals surface area contributed by atoms with E-state index in [1.165, 1.54) is 5.56 Å². The quantitative estimate of drug-likeness (QED) is 0.649. The number of hydrogen-bond donors (Lipinski definition) is 1. The molecule has 0 aliphatic carbocycles. The maximum Gasteiger partial charge on any atom is 0.253 e. The maximum atomic E-state index is 13.3. The summed E-state index contributed by atoms with van der Waals surface area (Å²) >= 11 is 0. The van der Waals surface area contributed by atoms with Gasteiger partial charge in [-0.3, -0.25) is 9.69 Å². The highest BCUT2D eigenvalue weighted by Crippen LogP contribution is 2.29. The number of H-pyrrole nitrogens is 1. The Morgan fingerprint density at radius 1 is 1.16 bits per heavy atom. The van der Waals surface area contributed by atoms with Gasteiger partial charge >= 0.3 is 0 Å². The van der Waals surface area contributed by atoms with Crippen LogP contribution in [0.4, 0.5) is 0 Å². The van der Waals surface area contributed by atoms with Crippen molar-refractivity contribution in [3.63, 3.8) is 0 Å². The minimum Gasteiger partial charge on any atom is -0.376 e. The Hall–Kier alpha value is -2.62. The van der Waals surface area contributed by atoms with Crippen LogP contribution in [-0.2, 0) is 11.3 Å². The standard InChI is InChI=1S/C23H31N7O2/c1-15-11-17-13-19(23(31)24-20(17)12-16(15)2)21(29-8-6-28(3)7-9-29)22-25-26-27-30(22)14-18-5-4-10-32-18/h11-13,18,21H,4-10,14H2,1-3H3,(H,24,31)/t18-,21+/m1/s1. The number of aromatic nitrogens is 5. The summed E-state index contributed by atoms with van der Waals surface area (Å²) in [4.78, 5) is 21.1. The number of fused-ring (bicyclic) bond motifs is 1. The monoisotopic (exact) mass is 437 g/mol. The first kappa shape index (κ1) is 21.2. The first-order valence-corrected chi connectivity index (χ1v) is 11.4. The zero-order chi connectivity index (χ0) is 22.2. The van der Waals surface area contributed by atoms with Crippen molar-refractivity contribution < 1.29 is 4.74 Å². The minimum atomic E-state index is -0.310. The number of ether oxygens (including phenoxy) is 1. The Morgan fingerprint density at radius 2 is 1.94 bits per heavy atom. The number of nitrogens with zero attached hydrogens (tertiary/aromatic N) is 6. The van der Waals surface area contributed by atoms with Crippen molar-refractivity contribution in [1.29, 1.82) is 0 Å². The molecule has 0 unspecified atom stereocenters. The van der Waals surface area contributed by atoms with Gasteiger partial charge in [0.15, 0.2) is 5.82 Å². The molecule has 9 nitrogen and oxygen atoms in total. The molecule has 2 saturated heterocycles. The SMILES string of the molecule is Cc1cc2cc([C@@H](c3nnnn3C[C@H]3CCCO3)N3CCN(C)CC3)c(=O)[nH]c2cc1C. The lowest BCUT2D eigenvalue weighted by molar-refractivity contribution is 0.0878. The highest BCUT2D eigenvalue weighted by molar-refractivity contribution is 5.81. The van der Waals surface area contributed by atoms with Crippen LogP contribution in [0.5, 0.6) is 0 Å². The third-order valence-corrected chi connectivity index (χ3v) is 6.89. The molecule has 5 rings (SSSR count). The molecule has 2 fully saturated rings. The summed E-state index contributed by atoms with van der Waals surface area (Å²) in [5.41, 5.74) is 3.83. The summed E-state index contributed by atoms with van der Waals surface area (Å²) in [5, 5.41) is 13.7. The average Bonchev–Trinajstić information content (AvgIpc) is 3.44. The van der Waals surface area contributed by atoms with Crippen LogP contribution >= 0.6 is 0 Å². The number of rotatable bonds is 5. The van der Waals surface area contributed by atoms with Crippen molar-refractivity contribution in [1.82, 2.24) is 35.0 Å². The van der Waals surface area contributed by atoms with Gasteiger partial charge in [-0.1, -0.05) is 0 Å². The molecule has 0 spiro atoms. The van der Waals surface area contributed by atoms with E-state index in [0.717, 1.165) is 62.1 Å². The van der Waals surface area contributed by atoms with Crippen LogP contribution < -0.4 is 5.56 Å². The van der Waals surface area contributed by atoms with Gasteiger partial charge in [0.25, 0.3) is 5.56 Å². The lowest BCUT2D eigenvalue weighted by Gasteiger charge is -2.37. The van der Waals surface area contributed by atoms with Gasteiger partial charge < -0.3 is 14.6 Å². The molecule has 4 heterocycles. The maximum absolute atomic E-state index is 13.3. The van der Waals surface area contributed by atoms with Gasteiger partial charge in [0.05, 0.1) is 12.6 Å². The van der Waals surface area contributed by atoms with E-state index in [9.17, 15) is 4.79 Å². The smallest absolute Gasteiger partial charge is 0.253 e. The van der Waals surface area contributed by atoms with Crippen LogP contribution in [0.25, 0.3) is 10.9 Å². The van der Waals surface area contributed by atoms with Gasteiger partial charge in [0.1, 0.15) is 6.04 Å².